The second kappa shape index (κ2) is 5.24. The summed E-state index contributed by atoms with van der Waals surface area (Å²) in [5, 5.41) is 10.6. The molecule has 0 amide bonds. The Morgan fingerprint density at radius 2 is 1.82 bits per heavy atom. The van der Waals surface area contributed by atoms with Crippen molar-refractivity contribution in [3.63, 3.8) is 0 Å². The van der Waals surface area contributed by atoms with E-state index in [2.05, 4.69) is 20.3 Å². The number of nitrogens with zero attached hydrogens (tertiary/aromatic N) is 6. The van der Waals surface area contributed by atoms with Gasteiger partial charge in [0.1, 0.15) is 5.82 Å². The van der Waals surface area contributed by atoms with Gasteiger partial charge in [0.05, 0.1) is 0 Å². The summed E-state index contributed by atoms with van der Waals surface area (Å²) in [6.07, 6.45) is -1.29. The van der Waals surface area contributed by atoms with Gasteiger partial charge in [-0.25, -0.2) is 0 Å². The highest BCUT2D eigenvalue weighted by atomic mass is 19.4. The van der Waals surface area contributed by atoms with Crippen LogP contribution >= 0.6 is 0 Å². The van der Waals surface area contributed by atoms with Crippen LogP contribution in [0.4, 0.5) is 19.0 Å². The van der Waals surface area contributed by atoms with E-state index in [-0.39, 0.29) is 5.65 Å². The second-order valence-electron chi connectivity index (χ2n) is 4.69. The van der Waals surface area contributed by atoms with Gasteiger partial charge in [-0.3, -0.25) is 4.98 Å². The van der Waals surface area contributed by atoms with Crippen molar-refractivity contribution in [2.45, 2.75) is 12.7 Å². The maximum atomic E-state index is 12.8. The molecular weight excluding hydrogens is 297 g/mol. The Hall–Kier alpha value is -2.71. The maximum absolute atomic E-state index is 12.8. The van der Waals surface area contributed by atoms with Gasteiger partial charge in [-0.05, 0) is 29.8 Å². The smallest absolute Gasteiger partial charge is 0.354 e. The van der Waals surface area contributed by atoms with Crippen molar-refractivity contribution in [1.29, 1.82) is 0 Å². The van der Waals surface area contributed by atoms with Crippen LogP contribution in [0.15, 0.2) is 36.7 Å². The molecule has 0 bridgehead atoms. The predicted octanol–water partition coefficient (Wildman–Crippen LogP) is 2.17. The fourth-order valence-corrected chi connectivity index (χ4v) is 2.00. The Kier molecular flexibility index (Phi) is 3.39. The Bertz CT molecular complexity index is 783. The summed E-state index contributed by atoms with van der Waals surface area (Å²) in [4.78, 5) is 5.65. The van der Waals surface area contributed by atoms with Crippen LogP contribution in [0.3, 0.4) is 0 Å². The Balaban J connectivity index is 1.94. The molecule has 3 aromatic heterocycles. The molecule has 9 heteroatoms. The monoisotopic (exact) mass is 308 g/mol. The first-order chi connectivity index (χ1) is 10.4. The van der Waals surface area contributed by atoms with Crippen molar-refractivity contribution in [1.82, 2.24) is 24.8 Å². The predicted molar refractivity (Wildman–Crippen MR) is 72.1 cm³/mol. The van der Waals surface area contributed by atoms with Gasteiger partial charge in [-0.1, -0.05) is 0 Å². The van der Waals surface area contributed by atoms with Crippen LogP contribution < -0.4 is 4.90 Å². The highest BCUT2D eigenvalue weighted by molar-refractivity contribution is 5.45. The summed E-state index contributed by atoms with van der Waals surface area (Å²) in [6, 6.07) is 6.71. The number of aromatic nitrogens is 5. The summed E-state index contributed by atoms with van der Waals surface area (Å²) < 4.78 is 39.2. The molecule has 0 saturated carbocycles. The molecule has 0 atom stereocenters. The minimum absolute atomic E-state index is 0.0494. The van der Waals surface area contributed by atoms with E-state index in [1.165, 1.54) is 6.07 Å². The molecular formula is C13H11F3N6. The lowest BCUT2D eigenvalue weighted by atomic mass is 10.2. The van der Waals surface area contributed by atoms with Gasteiger partial charge in [-0.15, -0.1) is 15.3 Å². The van der Waals surface area contributed by atoms with Gasteiger partial charge in [-0.2, -0.15) is 17.7 Å². The molecule has 0 spiro atoms. The van der Waals surface area contributed by atoms with Crippen molar-refractivity contribution >= 4 is 11.5 Å². The summed E-state index contributed by atoms with van der Waals surface area (Å²) in [5.41, 5.74) is 1.02. The molecule has 3 rings (SSSR count). The number of alkyl halides is 3. The topological polar surface area (TPSA) is 59.2 Å². The summed E-state index contributed by atoms with van der Waals surface area (Å²) in [5.74, 6) is -0.753. The summed E-state index contributed by atoms with van der Waals surface area (Å²) in [6.45, 7) is 0.491. The van der Waals surface area contributed by atoms with E-state index in [4.69, 9.17) is 0 Å². The van der Waals surface area contributed by atoms with Crippen LogP contribution in [0, 0.1) is 0 Å². The van der Waals surface area contributed by atoms with Gasteiger partial charge in [0, 0.05) is 26.0 Å². The molecule has 0 aromatic carbocycles. The number of rotatable bonds is 3. The molecule has 0 unspecified atom stereocenters. The Labute approximate surface area is 123 Å². The zero-order chi connectivity index (χ0) is 15.7. The van der Waals surface area contributed by atoms with E-state index in [0.29, 0.717) is 16.9 Å². The van der Waals surface area contributed by atoms with E-state index >= 15 is 0 Å². The third-order valence-corrected chi connectivity index (χ3v) is 3.06. The molecule has 0 radical (unpaired) electrons. The molecule has 6 nitrogen and oxygen atoms in total. The number of fused-ring (bicyclic) bond motifs is 1. The number of halogens is 3. The van der Waals surface area contributed by atoms with E-state index in [1.807, 2.05) is 12.1 Å². The fraction of sp³-hybridized carbons (Fsp3) is 0.231. The lowest BCUT2D eigenvalue weighted by Crippen LogP contribution is -2.20. The molecule has 0 aliphatic heterocycles. The summed E-state index contributed by atoms with van der Waals surface area (Å²) >= 11 is 0. The highest BCUT2D eigenvalue weighted by Gasteiger charge is 2.37. The standard InChI is InChI=1S/C13H11F3N6/c1-21(8-9-4-6-17-7-5-9)11-3-2-10-18-19-12(13(14,15)16)22(10)20-11/h2-7H,8H2,1H3. The molecule has 0 fully saturated rings. The lowest BCUT2D eigenvalue weighted by Gasteiger charge is -2.18. The van der Waals surface area contributed by atoms with Gasteiger partial charge in [0.2, 0.25) is 0 Å². The number of anilines is 1. The molecule has 0 aliphatic carbocycles. The van der Waals surface area contributed by atoms with E-state index in [9.17, 15) is 13.2 Å². The fourth-order valence-electron chi connectivity index (χ4n) is 2.00. The van der Waals surface area contributed by atoms with E-state index in [0.717, 1.165) is 5.56 Å². The third-order valence-electron chi connectivity index (χ3n) is 3.06. The van der Waals surface area contributed by atoms with Crippen molar-refractivity contribution in [3.8, 4) is 0 Å². The number of pyridine rings is 1. The first-order valence-corrected chi connectivity index (χ1v) is 6.35. The molecule has 0 saturated heterocycles. The highest BCUT2D eigenvalue weighted by Crippen LogP contribution is 2.27. The molecule has 114 valence electrons. The van der Waals surface area contributed by atoms with Crippen molar-refractivity contribution in [3.05, 3.63) is 48.0 Å². The quantitative estimate of drug-likeness (QED) is 0.742. The van der Waals surface area contributed by atoms with Crippen LogP contribution in [0.5, 0.6) is 0 Å². The molecule has 22 heavy (non-hydrogen) atoms. The average molecular weight is 308 g/mol. The third kappa shape index (κ3) is 2.69. The molecule has 0 N–H and O–H groups in total. The molecule has 0 aliphatic rings. The largest absolute Gasteiger partial charge is 0.453 e. The molecule has 3 aromatic rings. The van der Waals surface area contributed by atoms with Crippen molar-refractivity contribution in [2.24, 2.45) is 0 Å². The first-order valence-electron chi connectivity index (χ1n) is 6.35. The minimum Gasteiger partial charge on any atom is -0.354 e. The Morgan fingerprint density at radius 3 is 2.50 bits per heavy atom. The normalized spacial score (nSPS) is 11.8. The zero-order valence-corrected chi connectivity index (χ0v) is 11.5. The SMILES string of the molecule is CN(Cc1ccncc1)c1ccc2nnc(C(F)(F)F)n2n1. The molecule has 3 heterocycles. The zero-order valence-electron chi connectivity index (χ0n) is 11.5. The van der Waals surface area contributed by atoms with Gasteiger partial charge in [0.25, 0.3) is 5.82 Å². The maximum Gasteiger partial charge on any atom is 0.453 e. The summed E-state index contributed by atoms with van der Waals surface area (Å²) in [7, 11) is 1.74. The first kappa shape index (κ1) is 14.2. The van der Waals surface area contributed by atoms with Gasteiger partial charge >= 0.3 is 6.18 Å². The van der Waals surface area contributed by atoms with Crippen molar-refractivity contribution < 1.29 is 13.2 Å². The van der Waals surface area contributed by atoms with Crippen LogP contribution in [-0.2, 0) is 12.7 Å². The van der Waals surface area contributed by atoms with Gasteiger partial charge < -0.3 is 4.90 Å². The van der Waals surface area contributed by atoms with Gasteiger partial charge in [0.15, 0.2) is 5.65 Å². The van der Waals surface area contributed by atoms with Crippen LogP contribution in [0.1, 0.15) is 11.4 Å². The van der Waals surface area contributed by atoms with Crippen LogP contribution in [0.2, 0.25) is 0 Å². The van der Waals surface area contributed by atoms with E-state index in [1.54, 1.807) is 30.4 Å². The van der Waals surface area contributed by atoms with E-state index < -0.39 is 12.0 Å². The van der Waals surface area contributed by atoms with Crippen LogP contribution in [0.25, 0.3) is 5.65 Å². The number of hydrogen-bond acceptors (Lipinski definition) is 5. The second-order valence-corrected chi connectivity index (χ2v) is 4.69. The average Bonchev–Trinajstić information content (AvgIpc) is 2.91. The van der Waals surface area contributed by atoms with Crippen LogP contribution in [-0.4, -0.2) is 31.8 Å². The number of hydrogen-bond donors (Lipinski definition) is 0. The lowest BCUT2D eigenvalue weighted by molar-refractivity contribution is -0.146. The minimum atomic E-state index is -4.60. The van der Waals surface area contributed by atoms with Crippen molar-refractivity contribution in [2.75, 3.05) is 11.9 Å². The Morgan fingerprint density at radius 1 is 1.09 bits per heavy atom.